The number of pyridine rings is 1. The zero-order chi connectivity index (χ0) is 16.9. The zero-order valence-corrected chi connectivity index (χ0v) is 13.1. The van der Waals surface area contributed by atoms with Crippen molar-refractivity contribution in [2.45, 2.75) is 0 Å². The molecule has 4 nitrogen and oxygen atoms in total. The predicted octanol–water partition coefficient (Wildman–Crippen LogP) is 4.24. The van der Waals surface area contributed by atoms with Crippen molar-refractivity contribution in [2.75, 3.05) is 17.3 Å². The van der Waals surface area contributed by atoms with Gasteiger partial charge in [0.1, 0.15) is 11.5 Å². The number of rotatable bonds is 4. The van der Waals surface area contributed by atoms with Crippen molar-refractivity contribution in [2.24, 2.45) is 0 Å². The van der Waals surface area contributed by atoms with E-state index in [0.717, 1.165) is 17.1 Å². The van der Waals surface area contributed by atoms with E-state index in [1.807, 2.05) is 30.3 Å². The molecule has 0 saturated heterocycles. The summed E-state index contributed by atoms with van der Waals surface area (Å²) in [6.45, 7) is 0. The van der Waals surface area contributed by atoms with Crippen LogP contribution in [-0.4, -0.2) is 17.9 Å². The average Bonchev–Trinajstić information content (AvgIpc) is 2.64. The third-order valence-electron chi connectivity index (χ3n) is 3.56. The molecule has 1 amide bonds. The highest BCUT2D eigenvalue weighted by atomic mass is 19.1. The first-order valence-corrected chi connectivity index (χ1v) is 7.45. The van der Waals surface area contributed by atoms with E-state index in [-0.39, 0.29) is 11.7 Å². The summed E-state index contributed by atoms with van der Waals surface area (Å²) in [5, 5.41) is 3.10. The van der Waals surface area contributed by atoms with E-state index in [1.165, 1.54) is 12.1 Å². The summed E-state index contributed by atoms with van der Waals surface area (Å²) in [7, 11) is 1.71. The number of hydrogen-bond acceptors (Lipinski definition) is 3. The Morgan fingerprint density at radius 1 is 0.958 bits per heavy atom. The third kappa shape index (κ3) is 3.57. The lowest BCUT2D eigenvalue weighted by molar-refractivity contribution is 0.0988. The first kappa shape index (κ1) is 15.7. The van der Waals surface area contributed by atoms with Crippen LogP contribution in [0.3, 0.4) is 0 Å². The molecule has 0 spiro atoms. The van der Waals surface area contributed by atoms with Crippen molar-refractivity contribution in [3.05, 3.63) is 84.4 Å². The molecule has 0 aliphatic carbocycles. The second kappa shape index (κ2) is 6.91. The monoisotopic (exact) mass is 321 g/mol. The molecule has 120 valence electrons. The van der Waals surface area contributed by atoms with E-state index < -0.39 is 0 Å². The van der Waals surface area contributed by atoms with E-state index in [0.29, 0.717) is 5.69 Å². The Morgan fingerprint density at radius 3 is 2.25 bits per heavy atom. The first-order valence-electron chi connectivity index (χ1n) is 7.45. The molecule has 0 bridgehead atoms. The zero-order valence-electron chi connectivity index (χ0n) is 13.1. The van der Waals surface area contributed by atoms with E-state index >= 15 is 0 Å². The van der Waals surface area contributed by atoms with Gasteiger partial charge < -0.3 is 10.2 Å². The van der Waals surface area contributed by atoms with Gasteiger partial charge in [-0.2, -0.15) is 0 Å². The fraction of sp³-hybridized carbons (Fsp3) is 0.0526. The number of nitrogens with one attached hydrogen (secondary N) is 1. The van der Waals surface area contributed by atoms with Gasteiger partial charge in [-0.3, -0.25) is 4.79 Å². The highest BCUT2D eigenvalue weighted by Crippen LogP contribution is 2.18. The molecule has 0 saturated carbocycles. The molecule has 0 radical (unpaired) electrons. The molecule has 0 fully saturated rings. The summed E-state index contributed by atoms with van der Waals surface area (Å²) < 4.78 is 12.9. The Morgan fingerprint density at radius 2 is 1.62 bits per heavy atom. The first-order chi connectivity index (χ1) is 11.6. The van der Waals surface area contributed by atoms with Crippen LogP contribution < -0.4 is 10.2 Å². The van der Waals surface area contributed by atoms with Crippen LogP contribution in [0.15, 0.2) is 72.9 Å². The van der Waals surface area contributed by atoms with Gasteiger partial charge >= 0.3 is 0 Å². The molecule has 0 unspecified atom stereocenters. The number of hydrogen-bond donors (Lipinski definition) is 1. The fourth-order valence-corrected chi connectivity index (χ4v) is 2.23. The van der Waals surface area contributed by atoms with Crippen molar-refractivity contribution in [1.29, 1.82) is 0 Å². The van der Waals surface area contributed by atoms with Crippen molar-refractivity contribution in [3.63, 3.8) is 0 Å². The molecular weight excluding hydrogens is 305 g/mol. The van der Waals surface area contributed by atoms with Crippen LogP contribution in [0.2, 0.25) is 0 Å². The van der Waals surface area contributed by atoms with Gasteiger partial charge in [0.15, 0.2) is 0 Å². The summed E-state index contributed by atoms with van der Waals surface area (Å²) in [6, 6.07) is 18.8. The number of para-hydroxylation sites is 1. The van der Waals surface area contributed by atoms with Crippen LogP contribution in [0.4, 0.5) is 21.5 Å². The minimum absolute atomic E-state index is 0.186. The van der Waals surface area contributed by atoms with Crippen molar-refractivity contribution in [3.8, 4) is 0 Å². The summed E-state index contributed by atoms with van der Waals surface area (Å²) in [6.07, 6.45) is 1.58. The number of halogens is 1. The second-order valence-corrected chi connectivity index (χ2v) is 5.26. The Labute approximate surface area is 139 Å². The van der Waals surface area contributed by atoms with Crippen LogP contribution >= 0.6 is 0 Å². The number of aromatic nitrogens is 1. The van der Waals surface area contributed by atoms with Crippen LogP contribution in [0, 0.1) is 5.82 Å². The summed E-state index contributed by atoms with van der Waals surface area (Å²) >= 11 is 0. The SMILES string of the molecule is CN(C(=O)c1ccc(Nc2ccc(F)cc2)cn1)c1ccccc1. The molecule has 0 aliphatic heterocycles. The largest absolute Gasteiger partial charge is 0.354 e. The minimum Gasteiger partial charge on any atom is -0.354 e. The molecule has 2 aromatic carbocycles. The smallest absolute Gasteiger partial charge is 0.276 e. The van der Waals surface area contributed by atoms with Crippen LogP contribution in [0.25, 0.3) is 0 Å². The van der Waals surface area contributed by atoms with E-state index in [1.54, 1.807) is 42.4 Å². The Bertz CT molecular complexity index is 817. The number of anilines is 3. The molecule has 3 rings (SSSR count). The Balaban J connectivity index is 1.72. The molecular formula is C19H16FN3O. The highest BCUT2D eigenvalue weighted by Gasteiger charge is 2.14. The maximum absolute atomic E-state index is 12.9. The summed E-state index contributed by atoms with van der Waals surface area (Å²) in [4.78, 5) is 18.2. The molecule has 1 N–H and O–H groups in total. The van der Waals surface area contributed by atoms with Crippen LogP contribution in [0.1, 0.15) is 10.5 Å². The lowest BCUT2D eigenvalue weighted by Gasteiger charge is -2.16. The average molecular weight is 321 g/mol. The van der Waals surface area contributed by atoms with E-state index in [9.17, 15) is 9.18 Å². The number of amides is 1. The molecule has 1 aromatic heterocycles. The Hall–Kier alpha value is -3.21. The van der Waals surface area contributed by atoms with E-state index in [4.69, 9.17) is 0 Å². The molecule has 0 aliphatic rings. The van der Waals surface area contributed by atoms with Gasteiger partial charge in [0.2, 0.25) is 0 Å². The maximum Gasteiger partial charge on any atom is 0.276 e. The molecule has 24 heavy (non-hydrogen) atoms. The minimum atomic E-state index is -0.288. The number of carbonyl (C=O) groups is 1. The standard InChI is InChI=1S/C19H16FN3O/c1-23(17-5-3-2-4-6-17)19(24)18-12-11-16(13-21-18)22-15-9-7-14(20)8-10-15/h2-13,22H,1H3. The summed E-state index contributed by atoms with van der Waals surface area (Å²) in [5.41, 5.74) is 2.63. The van der Waals surface area contributed by atoms with Crippen molar-refractivity contribution < 1.29 is 9.18 Å². The Kier molecular flexibility index (Phi) is 4.52. The second-order valence-electron chi connectivity index (χ2n) is 5.26. The highest BCUT2D eigenvalue weighted by molar-refractivity contribution is 6.04. The van der Waals surface area contributed by atoms with Crippen molar-refractivity contribution >= 4 is 23.0 Å². The van der Waals surface area contributed by atoms with Crippen LogP contribution in [0.5, 0.6) is 0 Å². The maximum atomic E-state index is 12.9. The number of nitrogens with zero attached hydrogens (tertiary/aromatic N) is 2. The topological polar surface area (TPSA) is 45.2 Å². The lowest BCUT2D eigenvalue weighted by atomic mass is 10.2. The predicted molar refractivity (Wildman–Crippen MR) is 93.1 cm³/mol. The van der Waals surface area contributed by atoms with Gasteiger partial charge in [-0.15, -0.1) is 0 Å². The quantitative estimate of drug-likeness (QED) is 0.782. The number of carbonyl (C=O) groups excluding carboxylic acids is 1. The molecule has 3 aromatic rings. The van der Waals surface area contributed by atoms with Crippen LogP contribution in [-0.2, 0) is 0 Å². The number of benzene rings is 2. The van der Waals surface area contributed by atoms with Crippen molar-refractivity contribution in [1.82, 2.24) is 4.98 Å². The molecule has 5 heteroatoms. The lowest BCUT2D eigenvalue weighted by Crippen LogP contribution is -2.26. The fourth-order valence-electron chi connectivity index (χ4n) is 2.23. The van der Waals surface area contributed by atoms with Gasteiger partial charge in [-0.05, 0) is 48.5 Å². The van der Waals surface area contributed by atoms with Gasteiger partial charge in [0.25, 0.3) is 5.91 Å². The third-order valence-corrected chi connectivity index (χ3v) is 3.56. The molecule has 0 atom stereocenters. The van der Waals surface area contributed by atoms with Gasteiger partial charge in [0.05, 0.1) is 11.9 Å². The van der Waals surface area contributed by atoms with Gasteiger partial charge in [-0.25, -0.2) is 9.37 Å². The van der Waals surface area contributed by atoms with E-state index in [2.05, 4.69) is 10.3 Å². The van der Waals surface area contributed by atoms with Gasteiger partial charge in [-0.1, -0.05) is 18.2 Å². The normalized spacial score (nSPS) is 10.2. The summed E-state index contributed by atoms with van der Waals surface area (Å²) in [5.74, 6) is -0.474. The molecule has 1 heterocycles. The van der Waals surface area contributed by atoms with Gasteiger partial charge in [0, 0.05) is 18.4 Å².